The van der Waals surface area contributed by atoms with Gasteiger partial charge in [0, 0.05) is 17.6 Å². The minimum absolute atomic E-state index is 0.178. The van der Waals surface area contributed by atoms with Gasteiger partial charge in [0.25, 0.3) is 0 Å². The number of hydrogen-bond acceptors (Lipinski definition) is 4. The van der Waals surface area contributed by atoms with Gasteiger partial charge in [0.05, 0.1) is 11.9 Å². The molecule has 0 aromatic heterocycles. The standard InChI is InChI=1S/C33H44BrN3O4S/c1-22(2)19-35-32(39)23(3)36(20-24-6-5-7-29(34)15-24)31(38)21-37(42(4,40)41)30-10-8-28(9-11-30)33-16-25-12-26(17-33)14-27(13-25)18-33/h5-11,15,22-23,25-27H,12-14,16-21H2,1-4H3,(H,35,39)/t23-,25?,26?,27?,33?/m1/s1. The number of anilines is 1. The van der Waals surface area contributed by atoms with Gasteiger partial charge in [-0.3, -0.25) is 13.9 Å². The summed E-state index contributed by atoms with van der Waals surface area (Å²) in [5, 5.41) is 2.92. The summed E-state index contributed by atoms with van der Waals surface area (Å²) in [6, 6.07) is 14.7. The van der Waals surface area contributed by atoms with Crippen molar-refractivity contribution in [1.82, 2.24) is 10.2 Å². The molecule has 2 aromatic rings. The van der Waals surface area contributed by atoms with Crippen LogP contribution in [-0.2, 0) is 31.6 Å². The summed E-state index contributed by atoms with van der Waals surface area (Å²) in [4.78, 5) is 28.4. The fraction of sp³-hybridized carbons (Fsp3) is 0.576. The second-order valence-electron chi connectivity index (χ2n) is 13.5. The van der Waals surface area contributed by atoms with E-state index in [-0.39, 0.29) is 30.3 Å². The zero-order valence-corrected chi connectivity index (χ0v) is 27.6. The second kappa shape index (κ2) is 12.3. The lowest BCUT2D eigenvalue weighted by Crippen LogP contribution is -2.51. The van der Waals surface area contributed by atoms with Crippen molar-refractivity contribution in [1.29, 1.82) is 0 Å². The summed E-state index contributed by atoms with van der Waals surface area (Å²) in [5.41, 5.74) is 2.82. The van der Waals surface area contributed by atoms with Crippen molar-refractivity contribution in [2.45, 2.75) is 77.3 Å². The quantitative estimate of drug-likeness (QED) is 0.327. The molecule has 0 unspecified atom stereocenters. The molecule has 6 rings (SSSR count). The summed E-state index contributed by atoms with van der Waals surface area (Å²) in [6.45, 7) is 5.99. The van der Waals surface area contributed by atoms with Crippen LogP contribution in [0.2, 0.25) is 0 Å². The number of sulfonamides is 1. The molecule has 4 aliphatic rings. The Balaban J connectivity index is 1.38. The fourth-order valence-corrected chi connectivity index (χ4v) is 9.22. The van der Waals surface area contributed by atoms with Crippen molar-refractivity contribution in [3.8, 4) is 0 Å². The summed E-state index contributed by atoms with van der Waals surface area (Å²) in [5.74, 6) is 2.01. The topological polar surface area (TPSA) is 86.8 Å². The number of carbonyl (C=O) groups excluding carboxylic acids is 2. The number of nitrogens with zero attached hydrogens (tertiary/aromatic N) is 2. The van der Waals surface area contributed by atoms with Crippen molar-refractivity contribution in [2.75, 3.05) is 23.7 Å². The number of benzene rings is 2. The van der Waals surface area contributed by atoms with Gasteiger partial charge in [-0.2, -0.15) is 0 Å². The monoisotopic (exact) mass is 657 g/mol. The summed E-state index contributed by atoms with van der Waals surface area (Å²) in [6.07, 6.45) is 8.92. The zero-order chi connectivity index (χ0) is 30.2. The van der Waals surface area contributed by atoms with Gasteiger partial charge >= 0.3 is 0 Å². The van der Waals surface area contributed by atoms with E-state index in [0.29, 0.717) is 12.2 Å². The summed E-state index contributed by atoms with van der Waals surface area (Å²) in [7, 11) is -3.77. The molecule has 0 radical (unpaired) electrons. The first kappa shape index (κ1) is 31.0. The van der Waals surface area contributed by atoms with Crippen molar-refractivity contribution >= 4 is 43.5 Å². The molecule has 42 heavy (non-hydrogen) atoms. The van der Waals surface area contributed by atoms with Crippen LogP contribution in [0.15, 0.2) is 53.0 Å². The average Bonchev–Trinajstić information content (AvgIpc) is 2.91. The molecule has 9 heteroatoms. The first-order chi connectivity index (χ1) is 19.8. The predicted molar refractivity (Wildman–Crippen MR) is 170 cm³/mol. The van der Waals surface area contributed by atoms with Crippen LogP contribution in [0.5, 0.6) is 0 Å². The highest BCUT2D eigenvalue weighted by atomic mass is 79.9. The fourth-order valence-electron chi connectivity index (χ4n) is 7.93. The van der Waals surface area contributed by atoms with Gasteiger partial charge in [-0.1, -0.05) is 54.0 Å². The zero-order valence-electron chi connectivity index (χ0n) is 25.2. The second-order valence-corrected chi connectivity index (χ2v) is 16.3. The van der Waals surface area contributed by atoms with Crippen molar-refractivity contribution < 1.29 is 18.0 Å². The van der Waals surface area contributed by atoms with Gasteiger partial charge in [-0.05, 0) is 110 Å². The number of rotatable bonds is 11. The molecule has 4 fully saturated rings. The minimum Gasteiger partial charge on any atom is -0.354 e. The molecular weight excluding hydrogens is 614 g/mol. The van der Waals surface area contributed by atoms with Crippen LogP contribution in [-0.4, -0.2) is 50.5 Å². The normalized spacial score (nSPS) is 25.3. The predicted octanol–water partition coefficient (Wildman–Crippen LogP) is 5.87. The first-order valence-corrected chi connectivity index (χ1v) is 17.9. The summed E-state index contributed by atoms with van der Waals surface area (Å²) >= 11 is 3.48. The van der Waals surface area contributed by atoms with E-state index >= 15 is 0 Å². The minimum atomic E-state index is -3.77. The number of nitrogens with one attached hydrogen (secondary N) is 1. The van der Waals surface area contributed by atoms with Crippen LogP contribution < -0.4 is 9.62 Å². The third-order valence-electron chi connectivity index (χ3n) is 9.58. The molecule has 2 amide bonds. The molecule has 228 valence electrons. The number of halogens is 1. The van der Waals surface area contributed by atoms with E-state index in [1.165, 1.54) is 53.3 Å². The highest BCUT2D eigenvalue weighted by Gasteiger charge is 2.51. The highest BCUT2D eigenvalue weighted by molar-refractivity contribution is 9.10. The van der Waals surface area contributed by atoms with Gasteiger partial charge in [-0.25, -0.2) is 8.42 Å². The van der Waals surface area contributed by atoms with E-state index in [2.05, 4.69) is 33.4 Å². The van der Waals surface area contributed by atoms with Crippen LogP contribution in [0, 0.1) is 23.7 Å². The van der Waals surface area contributed by atoms with E-state index in [1.807, 2.05) is 50.2 Å². The SMILES string of the molecule is CC(C)CNC(=O)[C@@H](C)N(Cc1cccc(Br)c1)C(=O)CN(c1ccc(C23CC4CC(CC(C4)C2)C3)cc1)S(C)(=O)=O. The Hall–Kier alpha value is -2.39. The van der Waals surface area contributed by atoms with Crippen LogP contribution in [0.1, 0.15) is 70.4 Å². The lowest BCUT2D eigenvalue weighted by atomic mass is 9.48. The van der Waals surface area contributed by atoms with E-state index in [0.717, 1.165) is 34.0 Å². The van der Waals surface area contributed by atoms with Crippen molar-refractivity contribution in [2.24, 2.45) is 23.7 Å². The van der Waals surface area contributed by atoms with Gasteiger partial charge in [-0.15, -0.1) is 0 Å². The maximum atomic E-state index is 13.9. The average molecular weight is 659 g/mol. The smallest absolute Gasteiger partial charge is 0.244 e. The Labute approximate surface area is 259 Å². The van der Waals surface area contributed by atoms with Crippen LogP contribution in [0.25, 0.3) is 0 Å². The Bertz CT molecular complexity index is 1370. The molecule has 4 aliphatic carbocycles. The maximum absolute atomic E-state index is 13.9. The van der Waals surface area contributed by atoms with Gasteiger partial charge in [0.1, 0.15) is 12.6 Å². The molecule has 0 heterocycles. The largest absolute Gasteiger partial charge is 0.354 e. The third kappa shape index (κ3) is 6.88. The van der Waals surface area contributed by atoms with Crippen molar-refractivity contribution in [3.05, 3.63) is 64.1 Å². The maximum Gasteiger partial charge on any atom is 0.244 e. The Morgan fingerprint density at radius 2 is 1.57 bits per heavy atom. The number of carbonyl (C=O) groups is 2. The van der Waals surface area contributed by atoms with Crippen LogP contribution in [0.3, 0.4) is 0 Å². The van der Waals surface area contributed by atoms with Gasteiger partial charge < -0.3 is 10.2 Å². The Morgan fingerprint density at radius 3 is 2.10 bits per heavy atom. The van der Waals surface area contributed by atoms with Crippen LogP contribution in [0.4, 0.5) is 5.69 Å². The molecule has 1 atom stereocenters. The van der Waals surface area contributed by atoms with E-state index in [1.54, 1.807) is 6.92 Å². The number of hydrogen-bond donors (Lipinski definition) is 1. The first-order valence-electron chi connectivity index (χ1n) is 15.2. The highest BCUT2D eigenvalue weighted by Crippen LogP contribution is 2.60. The Morgan fingerprint density at radius 1 is 0.976 bits per heavy atom. The number of amides is 2. The van der Waals surface area contributed by atoms with Gasteiger partial charge in [0.2, 0.25) is 21.8 Å². The lowest BCUT2D eigenvalue weighted by Gasteiger charge is -2.57. The Kier molecular flexibility index (Phi) is 9.10. The summed E-state index contributed by atoms with van der Waals surface area (Å²) < 4.78 is 28.1. The molecule has 1 N–H and O–H groups in total. The van der Waals surface area contributed by atoms with E-state index in [9.17, 15) is 18.0 Å². The van der Waals surface area contributed by atoms with Crippen LogP contribution >= 0.6 is 15.9 Å². The van der Waals surface area contributed by atoms with E-state index < -0.39 is 22.0 Å². The molecule has 2 aromatic carbocycles. The molecule has 4 saturated carbocycles. The molecule has 0 aliphatic heterocycles. The lowest BCUT2D eigenvalue weighted by molar-refractivity contribution is -0.139. The molecular formula is C33H44BrN3O4S. The molecule has 0 spiro atoms. The molecule has 7 nitrogen and oxygen atoms in total. The molecule has 4 bridgehead atoms. The van der Waals surface area contributed by atoms with Gasteiger partial charge in [0.15, 0.2) is 0 Å². The van der Waals surface area contributed by atoms with E-state index in [4.69, 9.17) is 0 Å². The third-order valence-corrected chi connectivity index (χ3v) is 11.2. The molecule has 0 saturated heterocycles. The van der Waals surface area contributed by atoms with Crippen molar-refractivity contribution in [3.63, 3.8) is 0 Å².